The maximum Gasteiger partial charge on any atom is 0.326 e. The number of nitrogens with one attached hydrogen (secondary N) is 2. The van der Waals surface area contributed by atoms with Crippen molar-refractivity contribution in [1.82, 2.24) is 10.6 Å². The van der Waals surface area contributed by atoms with Crippen LogP contribution in [0.1, 0.15) is 33.6 Å². The molecule has 1 atom stereocenters. The Kier molecular flexibility index (Phi) is 9.00. The molecular formula is C12H24N2O4. The molecule has 0 unspecified atom stereocenters. The maximum absolute atomic E-state index is 11.3. The van der Waals surface area contributed by atoms with Crippen LogP contribution in [0.2, 0.25) is 0 Å². The van der Waals surface area contributed by atoms with Crippen molar-refractivity contribution in [3.05, 3.63) is 0 Å². The zero-order valence-corrected chi connectivity index (χ0v) is 11.4. The fourth-order valence-corrected chi connectivity index (χ4v) is 1.24. The predicted octanol–water partition coefficient (Wildman–Crippen LogP) is 1.21. The number of hydrogen-bond acceptors (Lipinski definition) is 3. The highest BCUT2D eigenvalue weighted by atomic mass is 16.5. The monoisotopic (exact) mass is 260 g/mol. The third-order valence-electron chi connectivity index (χ3n) is 2.21. The zero-order valence-electron chi connectivity index (χ0n) is 11.4. The molecule has 0 heterocycles. The molecule has 0 aromatic heterocycles. The first kappa shape index (κ1) is 16.7. The van der Waals surface area contributed by atoms with Crippen LogP contribution in [0.3, 0.4) is 0 Å². The summed E-state index contributed by atoms with van der Waals surface area (Å²) in [4.78, 5) is 22.0. The molecular weight excluding hydrogens is 236 g/mol. The number of amides is 2. The van der Waals surface area contributed by atoms with Crippen molar-refractivity contribution in [3.63, 3.8) is 0 Å². The summed E-state index contributed by atoms with van der Waals surface area (Å²) in [6.45, 7) is 7.63. The average molecular weight is 260 g/mol. The van der Waals surface area contributed by atoms with Crippen molar-refractivity contribution in [2.24, 2.45) is 5.92 Å². The quantitative estimate of drug-likeness (QED) is 0.544. The van der Waals surface area contributed by atoms with Crippen LogP contribution in [0.25, 0.3) is 0 Å². The molecule has 6 heteroatoms. The second-order valence-electron chi connectivity index (χ2n) is 4.52. The Morgan fingerprint density at radius 1 is 1.33 bits per heavy atom. The molecule has 0 aliphatic carbocycles. The van der Waals surface area contributed by atoms with Crippen molar-refractivity contribution >= 4 is 12.0 Å². The van der Waals surface area contributed by atoms with Gasteiger partial charge in [-0.3, -0.25) is 0 Å². The number of hydrogen-bond donors (Lipinski definition) is 3. The molecule has 0 aliphatic rings. The van der Waals surface area contributed by atoms with Gasteiger partial charge in [-0.25, -0.2) is 9.59 Å². The standard InChI is InChI=1S/C12H24N2O4/c1-4-10(11(15)16)14-12(17)13-6-5-7-18-8-9(2)3/h9-10H,4-8H2,1-3H3,(H,15,16)(H2,13,14,17)/t10-/m1/s1. The molecule has 0 aromatic rings. The van der Waals surface area contributed by atoms with Crippen molar-refractivity contribution in [2.45, 2.75) is 39.7 Å². The fourth-order valence-electron chi connectivity index (χ4n) is 1.24. The number of ether oxygens (including phenoxy) is 1. The molecule has 3 N–H and O–H groups in total. The highest BCUT2D eigenvalue weighted by Gasteiger charge is 2.16. The Bertz CT molecular complexity index is 256. The number of carbonyl (C=O) groups is 2. The summed E-state index contributed by atoms with van der Waals surface area (Å²) >= 11 is 0. The number of carboxylic acid groups (broad SMARTS) is 1. The Balaban J connectivity index is 3.56. The lowest BCUT2D eigenvalue weighted by atomic mass is 10.2. The first-order valence-electron chi connectivity index (χ1n) is 6.32. The van der Waals surface area contributed by atoms with Crippen LogP contribution in [-0.2, 0) is 9.53 Å². The van der Waals surface area contributed by atoms with E-state index in [0.29, 0.717) is 38.5 Å². The summed E-state index contributed by atoms with van der Waals surface area (Å²) in [5.41, 5.74) is 0. The third kappa shape index (κ3) is 8.81. The summed E-state index contributed by atoms with van der Waals surface area (Å²) in [7, 11) is 0. The van der Waals surface area contributed by atoms with E-state index in [1.807, 2.05) is 0 Å². The highest BCUT2D eigenvalue weighted by molar-refractivity contribution is 5.82. The fraction of sp³-hybridized carbons (Fsp3) is 0.833. The Labute approximate surface area is 108 Å². The first-order valence-corrected chi connectivity index (χ1v) is 6.32. The van der Waals surface area contributed by atoms with Crippen LogP contribution in [-0.4, -0.2) is 42.9 Å². The molecule has 0 saturated heterocycles. The molecule has 106 valence electrons. The molecule has 0 radical (unpaired) electrons. The summed E-state index contributed by atoms with van der Waals surface area (Å²) in [6, 6.07) is -1.28. The number of carboxylic acids is 1. The van der Waals surface area contributed by atoms with Gasteiger partial charge in [0.1, 0.15) is 6.04 Å². The minimum Gasteiger partial charge on any atom is -0.480 e. The zero-order chi connectivity index (χ0) is 14.0. The van der Waals surface area contributed by atoms with E-state index in [1.165, 1.54) is 0 Å². The van der Waals surface area contributed by atoms with Crippen LogP contribution in [0, 0.1) is 5.92 Å². The van der Waals surface area contributed by atoms with Gasteiger partial charge in [0.05, 0.1) is 0 Å². The molecule has 0 aliphatic heterocycles. The molecule has 0 saturated carbocycles. The van der Waals surface area contributed by atoms with Gasteiger partial charge < -0.3 is 20.5 Å². The first-order chi connectivity index (χ1) is 8.47. The van der Waals surface area contributed by atoms with Crippen molar-refractivity contribution in [1.29, 1.82) is 0 Å². The molecule has 0 rings (SSSR count). The minimum absolute atomic E-state index is 0.361. The van der Waals surface area contributed by atoms with E-state index in [2.05, 4.69) is 24.5 Å². The van der Waals surface area contributed by atoms with Gasteiger partial charge in [-0.1, -0.05) is 20.8 Å². The van der Waals surface area contributed by atoms with Crippen molar-refractivity contribution < 1.29 is 19.4 Å². The number of aliphatic carboxylic acids is 1. The van der Waals surface area contributed by atoms with Gasteiger partial charge >= 0.3 is 12.0 Å². The van der Waals surface area contributed by atoms with Gasteiger partial charge in [-0.2, -0.15) is 0 Å². The van der Waals surface area contributed by atoms with Gasteiger partial charge in [-0.15, -0.1) is 0 Å². The highest BCUT2D eigenvalue weighted by Crippen LogP contribution is 1.93. The van der Waals surface area contributed by atoms with E-state index in [9.17, 15) is 9.59 Å². The summed E-state index contributed by atoms with van der Waals surface area (Å²) in [5.74, 6) is -0.518. The lowest BCUT2D eigenvalue weighted by molar-refractivity contribution is -0.139. The Morgan fingerprint density at radius 3 is 2.50 bits per heavy atom. The molecule has 18 heavy (non-hydrogen) atoms. The smallest absolute Gasteiger partial charge is 0.326 e. The van der Waals surface area contributed by atoms with Crippen LogP contribution < -0.4 is 10.6 Å². The van der Waals surface area contributed by atoms with Gasteiger partial charge in [0.15, 0.2) is 0 Å². The van der Waals surface area contributed by atoms with Crippen LogP contribution in [0.5, 0.6) is 0 Å². The number of rotatable bonds is 9. The summed E-state index contributed by atoms with van der Waals surface area (Å²) in [5, 5.41) is 13.7. The summed E-state index contributed by atoms with van der Waals surface area (Å²) in [6.07, 6.45) is 1.07. The SMILES string of the molecule is CC[C@@H](NC(=O)NCCCOCC(C)C)C(=O)O. The predicted molar refractivity (Wildman–Crippen MR) is 68.5 cm³/mol. The maximum atomic E-state index is 11.3. The average Bonchev–Trinajstić information content (AvgIpc) is 2.29. The molecule has 0 spiro atoms. The second kappa shape index (κ2) is 9.70. The summed E-state index contributed by atoms with van der Waals surface area (Å²) < 4.78 is 5.35. The van der Waals surface area contributed by atoms with Gasteiger partial charge in [-0.05, 0) is 18.8 Å². The van der Waals surface area contributed by atoms with E-state index < -0.39 is 18.0 Å². The van der Waals surface area contributed by atoms with Crippen LogP contribution >= 0.6 is 0 Å². The van der Waals surface area contributed by atoms with E-state index in [0.717, 1.165) is 0 Å². The third-order valence-corrected chi connectivity index (χ3v) is 2.21. The molecule has 6 nitrogen and oxygen atoms in total. The molecule has 0 fully saturated rings. The number of urea groups is 1. The van der Waals surface area contributed by atoms with Crippen molar-refractivity contribution in [3.8, 4) is 0 Å². The van der Waals surface area contributed by atoms with E-state index in [4.69, 9.17) is 9.84 Å². The van der Waals surface area contributed by atoms with Gasteiger partial charge in [0.25, 0.3) is 0 Å². The topological polar surface area (TPSA) is 87.7 Å². The largest absolute Gasteiger partial charge is 0.480 e. The molecule has 0 bridgehead atoms. The van der Waals surface area contributed by atoms with Gasteiger partial charge in [0.2, 0.25) is 0 Å². The molecule has 0 aromatic carbocycles. The second-order valence-corrected chi connectivity index (χ2v) is 4.52. The Hall–Kier alpha value is -1.30. The molecule has 2 amide bonds. The normalized spacial score (nSPS) is 12.2. The lowest BCUT2D eigenvalue weighted by Crippen LogP contribution is -2.45. The lowest BCUT2D eigenvalue weighted by Gasteiger charge is -2.13. The van der Waals surface area contributed by atoms with E-state index in [1.54, 1.807) is 6.92 Å². The van der Waals surface area contributed by atoms with E-state index in [-0.39, 0.29) is 0 Å². The number of carbonyl (C=O) groups excluding carboxylic acids is 1. The van der Waals surface area contributed by atoms with Gasteiger partial charge in [0, 0.05) is 19.8 Å². The van der Waals surface area contributed by atoms with Crippen molar-refractivity contribution in [2.75, 3.05) is 19.8 Å². The Morgan fingerprint density at radius 2 is 2.00 bits per heavy atom. The van der Waals surface area contributed by atoms with E-state index >= 15 is 0 Å². The van der Waals surface area contributed by atoms with Crippen LogP contribution in [0.4, 0.5) is 4.79 Å². The van der Waals surface area contributed by atoms with Crippen LogP contribution in [0.15, 0.2) is 0 Å². The minimum atomic E-state index is -1.02.